The van der Waals surface area contributed by atoms with Gasteiger partial charge in [-0.3, -0.25) is 0 Å². The van der Waals surface area contributed by atoms with Gasteiger partial charge in [-0.2, -0.15) is 5.10 Å². The normalized spacial score (nSPS) is 28.2. The molecule has 3 rings (SSSR count). The second-order valence-electron chi connectivity index (χ2n) is 5.61. The third kappa shape index (κ3) is 2.86. The molecule has 1 aliphatic heterocycles. The molecular weight excluding hydrogens is 325 g/mol. The lowest BCUT2D eigenvalue weighted by atomic mass is 9.90. The van der Waals surface area contributed by atoms with Crippen molar-refractivity contribution in [3.63, 3.8) is 0 Å². The standard InChI is InChI=1S/C15H17Cl2N3O2/c1-2-15(21)6-5-14(22-15,8-20-10-18-9-19-20)12-4-3-11(16)7-13(12)17/h3-4,7,9-10,21H,2,5-6,8H2,1H3. The first-order chi connectivity index (χ1) is 10.5. The molecule has 2 atom stereocenters. The lowest BCUT2D eigenvalue weighted by Crippen LogP contribution is -2.37. The predicted octanol–water partition coefficient (Wildman–Crippen LogP) is 3.39. The first kappa shape index (κ1) is 15.7. The molecule has 7 heteroatoms. The van der Waals surface area contributed by atoms with Crippen LogP contribution in [0.4, 0.5) is 0 Å². The van der Waals surface area contributed by atoms with Gasteiger partial charge in [0.2, 0.25) is 0 Å². The van der Waals surface area contributed by atoms with Crippen molar-refractivity contribution >= 4 is 23.2 Å². The van der Waals surface area contributed by atoms with E-state index in [0.717, 1.165) is 5.56 Å². The summed E-state index contributed by atoms with van der Waals surface area (Å²) in [6, 6.07) is 5.32. The van der Waals surface area contributed by atoms with E-state index in [9.17, 15) is 5.11 Å². The Morgan fingerprint density at radius 3 is 2.77 bits per heavy atom. The van der Waals surface area contributed by atoms with Gasteiger partial charge < -0.3 is 9.84 Å². The SMILES string of the molecule is CCC1(O)CCC(Cn2cncn2)(c2ccc(Cl)cc2Cl)O1. The van der Waals surface area contributed by atoms with Crippen molar-refractivity contribution in [2.75, 3.05) is 0 Å². The van der Waals surface area contributed by atoms with Crippen LogP contribution >= 0.6 is 23.2 Å². The quantitative estimate of drug-likeness (QED) is 0.925. The Morgan fingerprint density at radius 2 is 2.18 bits per heavy atom. The van der Waals surface area contributed by atoms with Crippen LogP contribution in [-0.2, 0) is 16.9 Å². The summed E-state index contributed by atoms with van der Waals surface area (Å²) in [5.41, 5.74) is 0.0542. The molecule has 2 unspecified atom stereocenters. The number of halogens is 2. The Bertz CT molecular complexity index is 665. The van der Waals surface area contributed by atoms with E-state index < -0.39 is 11.4 Å². The molecule has 0 radical (unpaired) electrons. The van der Waals surface area contributed by atoms with Crippen LogP contribution in [0.15, 0.2) is 30.9 Å². The molecule has 118 valence electrons. The molecule has 0 bridgehead atoms. The number of aliphatic hydroxyl groups is 1. The second-order valence-corrected chi connectivity index (χ2v) is 6.46. The van der Waals surface area contributed by atoms with Crippen molar-refractivity contribution in [3.05, 3.63) is 46.5 Å². The van der Waals surface area contributed by atoms with E-state index in [2.05, 4.69) is 10.1 Å². The molecular formula is C15H17Cl2N3O2. The Hall–Kier alpha value is -1.14. The Balaban J connectivity index is 2.03. The molecule has 1 fully saturated rings. The summed E-state index contributed by atoms with van der Waals surface area (Å²) >= 11 is 12.4. The molecule has 1 saturated heterocycles. The third-order valence-corrected chi connectivity index (χ3v) is 4.71. The van der Waals surface area contributed by atoms with Crippen LogP contribution < -0.4 is 0 Å². The van der Waals surface area contributed by atoms with Gasteiger partial charge in [-0.25, -0.2) is 9.67 Å². The summed E-state index contributed by atoms with van der Waals surface area (Å²) in [5.74, 6) is -1.15. The highest BCUT2D eigenvalue weighted by atomic mass is 35.5. The first-order valence-electron chi connectivity index (χ1n) is 7.17. The highest BCUT2D eigenvalue weighted by Crippen LogP contribution is 2.48. The number of rotatable bonds is 4. The second kappa shape index (κ2) is 5.81. The molecule has 0 spiro atoms. The van der Waals surface area contributed by atoms with Crippen LogP contribution in [0.2, 0.25) is 10.0 Å². The third-order valence-electron chi connectivity index (χ3n) is 4.16. The number of aromatic nitrogens is 3. The average Bonchev–Trinajstić information content (AvgIpc) is 3.09. The highest BCUT2D eigenvalue weighted by Gasteiger charge is 2.49. The molecule has 5 nitrogen and oxygen atoms in total. The van der Waals surface area contributed by atoms with Crippen LogP contribution in [0.3, 0.4) is 0 Å². The van der Waals surface area contributed by atoms with Crippen molar-refractivity contribution in [2.45, 2.75) is 44.1 Å². The Kier molecular flexibility index (Phi) is 4.16. The zero-order valence-corrected chi connectivity index (χ0v) is 13.7. The Morgan fingerprint density at radius 1 is 1.36 bits per heavy atom. The van der Waals surface area contributed by atoms with Crippen molar-refractivity contribution in [1.82, 2.24) is 14.8 Å². The van der Waals surface area contributed by atoms with Gasteiger partial charge >= 0.3 is 0 Å². The van der Waals surface area contributed by atoms with Gasteiger partial charge in [-0.05, 0) is 25.0 Å². The molecule has 1 aromatic carbocycles. The maximum absolute atomic E-state index is 10.5. The fourth-order valence-electron chi connectivity index (χ4n) is 2.93. The largest absolute Gasteiger partial charge is 0.365 e. The number of hydrogen-bond donors (Lipinski definition) is 1. The molecule has 22 heavy (non-hydrogen) atoms. The van der Waals surface area contributed by atoms with E-state index in [1.807, 2.05) is 13.0 Å². The van der Waals surface area contributed by atoms with E-state index in [1.165, 1.54) is 6.33 Å². The zero-order valence-electron chi connectivity index (χ0n) is 12.2. The topological polar surface area (TPSA) is 60.2 Å². The van der Waals surface area contributed by atoms with E-state index in [1.54, 1.807) is 23.1 Å². The van der Waals surface area contributed by atoms with Gasteiger partial charge in [-0.1, -0.05) is 36.2 Å². The van der Waals surface area contributed by atoms with Gasteiger partial charge in [0, 0.05) is 22.0 Å². The van der Waals surface area contributed by atoms with E-state index in [4.69, 9.17) is 27.9 Å². The van der Waals surface area contributed by atoms with Crippen molar-refractivity contribution < 1.29 is 9.84 Å². The van der Waals surface area contributed by atoms with Gasteiger partial charge in [0.25, 0.3) is 0 Å². The Labute approximate surface area is 138 Å². The summed E-state index contributed by atoms with van der Waals surface area (Å²) in [5, 5.41) is 15.8. The molecule has 1 aliphatic rings. The highest BCUT2D eigenvalue weighted by molar-refractivity contribution is 6.35. The predicted molar refractivity (Wildman–Crippen MR) is 83.7 cm³/mol. The van der Waals surface area contributed by atoms with Crippen LogP contribution in [0.25, 0.3) is 0 Å². The van der Waals surface area contributed by atoms with Crippen LogP contribution in [0.1, 0.15) is 31.7 Å². The molecule has 1 N–H and O–H groups in total. The lowest BCUT2D eigenvalue weighted by molar-refractivity contribution is -0.232. The maximum atomic E-state index is 10.5. The van der Waals surface area contributed by atoms with Crippen molar-refractivity contribution in [1.29, 1.82) is 0 Å². The fourth-order valence-corrected chi connectivity index (χ4v) is 3.51. The van der Waals surface area contributed by atoms with Gasteiger partial charge in [0.05, 0.1) is 6.54 Å². The summed E-state index contributed by atoms with van der Waals surface area (Å²) in [6.45, 7) is 2.33. The molecule has 0 saturated carbocycles. The summed E-state index contributed by atoms with van der Waals surface area (Å²) in [4.78, 5) is 3.96. The van der Waals surface area contributed by atoms with Gasteiger partial charge in [0.15, 0.2) is 5.79 Å². The molecule has 0 amide bonds. The van der Waals surface area contributed by atoms with Crippen LogP contribution in [0, 0.1) is 0 Å². The molecule has 1 aromatic heterocycles. The van der Waals surface area contributed by atoms with E-state index in [0.29, 0.717) is 35.9 Å². The fraction of sp³-hybridized carbons (Fsp3) is 0.467. The van der Waals surface area contributed by atoms with Crippen molar-refractivity contribution in [3.8, 4) is 0 Å². The lowest BCUT2D eigenvalue weighted by Gasteiger charge is -2.33. The minimum absolute atomic E-state index is 0.427. The number of nitrogens with zero attached hydrogens (tertiary/aromatic N) is 3. The maximum Gasteiger partial charge on any atom is 0.166 e. The monoisotopic (exact) mass is 341 g/mol. The minimum Gasteiger partial charge on any atom is -0.365 e. The van der Waals surface area contributed by atoms with Gasteiger partial charge in [-0.15, -0.1) is 0 Å². The van der Waals surface area contributed by atoms with E-state index >= 15 is 0 Å². The summed E-state index contributed by atoms with van der Waals surface area (Å²) in [7, 11) is 0. The van der Waals surface area contributed by atoms with Crippen molar-refractivity contribution in [2.24, 2.45) is 0 Å². The number of benzene rings is 1. The molecule has 2 aromatic rings. The van der Waals surface area contributed by atoms with Crippen LogP contribution in [0.5, 0.6) is 0 Å². The van der Waals surface area contributed by atoms with Crippen LogP contribution in [-0.4, -0.2) is 25.7 Å². The molecule has 2 heterocycles. The van der Waals surface area contributed by atoms with Gasteiger partial charge in [0.1, 0.15) is 18.3 Å². The zero-order chi connectivity index (χ0) is 15.8. The smallest absolute Gasteiger partial charge is 0.166 e. The van der Waals surface area contributed by atoms with E-state index in [-0.39, 0.29) is 0 Å². The summed E-state index contributed by atoms with van der Waals surface area (Å²) < 4.78 is 7.79. The minimum atomic E-state index is -1.15. The number of ether oxygens (including phenoxy) is 1. The first-order valence-corrected chi connectivity index (χ1v) is 7.92. The number of hydrogen-bond acceptors (Lipinski definition) is 4. The average molecular weight is 342 g/mol. The summed E-state index contributed by atoms with van der Waals surface area (Å²) in [6.07, 6.45) is 4.78. The molecule has 0 aliphatic carbocycles.